The standard InChI is InChI=1S/C17H28FNO/c1-4-7-14(2)12-15(13-19-10-11-20-3)16-8-5-6-9-17(16)18/h5-6,8-9,14-15,19H,4,7,10-13H2,1-3H3. The normalized spacial score (nSPS) is 14.2. The summed E-state index contributed by atoms with van der Waals surface area (Å²) < 4.78 is 19.0. The molecule has 20 heavy (non-hydrogen) atoms. The maximum Gasteiger partial charge on any atom is 0.126 e. The van der Waals surface area contributed by atoms with Gasteiger partial charge in [0, 0.05) is 20.2 Å². The molecule has 0 saturated heterocycles. The number of nitrogens with one attached hydrogen (secondary N) is 1. The fourth-order valence-electron chi connectivity index (χ4n) is 2.67. The lowest BCUT2D eigenvalue weighted by molar-refractivity contribution is 0.198. The first-order valence-corrected chi connectivity index (χ1v) is 7.63. The third-order valence-electron chi connectivity index (χ3n) is 3.69. The van der Waals surface area contributed by atoms with Crippen molar-refractivity contribution in [3.05, 3.63) is 35.6 Å². The predicted molar refractivity (Wildman–Crippen MR) is 82.6 cm³/mol. The highest BCUT2D eigenvalue weighted by molar-refractivity contribution is 5.22. The first-order valence-electron chi connectivity index (χ1n) is 7.63. The monoisotopic (exact) mass is 281 g/mol. The van der Waals surface area contributed by atoms with E-state index in [2.05, 4.69) is 19.2 Å². The van der Waals surface area contributed by atoms with Crippen LogP contribution in [0.2, 0.25) is 0 Å². The second-order valence-corrected chi connectivity index (χ2v) is 5.54. The summed E-state index contributed by atoms with van der Waals surface area (Å²) in [6, 6.07) is 7.15. The van der Waals surface area contributed by atoms with E-state index in [0.29, 0.717) is 12.5 Å². The molecule has 0 aliphatic carbocycles. The van der Waals surface area contributed by atoms with Crippen LogP contribution in [0.3, 0.4) is 0 Å². The highest BCUT2D eigenvalue weighted by Gasteiger charge is 2.17. The van der Waals surface area contributed by atoms with Crippen LogP contribution in [0.5, 0.6) is 0 Å². The van der Waals surface area contributed by atoms with E-state index >= 15 is 0 Å². The Balaban J connectivity index is 2.66. The first kappa shape index (κ1) is 17.1. The molecule has 2 atom stereocenters. The van der Waals surface area contributed by atoms with E-state index in [1.807, 2.05) is 12.1 Å². The second kappa shape index (κ2) is 9.89. The van der Waals surface area contributed by atoms with E-state index in [0.717, 1.165) is 25.1 Å². The van der Waals surface area contributed by atoms with E-state index in [4.69, 9.17) is 4.74 Å². The summed E-state index contributed by atoms with van der Waals surface area (Å²) in [6.45, 7) is 6.76. The molecule has 0 radical (unpaired) electrons. The minimum absolute atomic E-state index is 0.0882. The Morgan fingerprint density at radius 2 is 2.05 bits per heavy atom. The van der Waals surface area contributed by atoms with Gasteiger partial charge in [-0.2, -0.15) is 0 Å². The minimum Gasteiger partial charge on any atom is -0.383 e. The van der Waals surface area contributed by atoms with E-state index < -0.39 is 0 Å². The summed E-state index contributed by atoms with van der Waals surface area (Å²) >= 11 is 0. The van der Waals surface area contributed by atoms with Gasteiger partial charge in [0.25, 0.3) is 0 Å². The maximum atomic E-state index is 14.0. The SMILES string of the molecule is CCCC(C)CC(CNCCOC)c1ccccc1F. The number of ether oxygens (including phenoxy) is 1. The Morgan fingerprint density at radius 3 is 2.70 bits per heavy atom. The van der Waals surface area contributed by atoms with Crippen molar-refractivity contribution in [2.24, 2.45) is 5.92 Å². The van der Waals surface area contributed by atoms with Crippen molar-refractivity contribution in [1.82, 2.24) is 5.32 Å². The Hall–Kier alpha value is -0.930. The third-order valence-corrected chi connectivity index (χ3v) is 3.69. The van der Waals surface area contributed by atoms with Crippen LogP contribution >= 0.6 is 0 Å². The van der Waals surface area contributed by atoms with Crippen LogP contribution in [0, 0.1) is 11.7 Å². The van der Waals surface area contributed by atoms with Crippen molar-refractivity contribution in [1.29, 1.82) is 0 Å². The largest absolute Gasteiger partial charge is 0.383 e. The lowest BCUT2D eigenvalue weighted by Gasteiger charge is -2.22. The number of methoxy groups -OCH3 is 1. The smallest absolute Gasteiger partial charge is 0.126 e. The average molecular weight is 281 g/mol. The molecule has 114 valence electrons. The van der Waals surface area contributed by atoms with Crippen LogP contribution in [0.25, 0.3) is 0 Å². The van der Waals surface area contributed by atoms with Crippen molar-refractivity contribution < 1.29 is 9.13 Å². The van der Waals surface area contributed by atoms with Gasteiger partial charge in [0.05, 0.1) is 6.61 Å². The fourth-order valence-corrected chi connectivity index (χ4v) is 2.67. The van der Waals surface area contributed by atoms with Crippen molar-refractivity contribution in [2.45, 2.75) is 39.0 Å². The molecule has 0 heterocycles. The maximum absolute atomic E-state index is 14.0. The molecular weight excluding hydrogens is 253 g/mol. The van der Waals surface area contributed by atoms with E-state index in [1.54, 1.807) is 19.2 Å². The number of halogens is 1. The van der Waals surface area contributed by atoms with Gasteiger partial charge in [-0.25, -0.2) is 4.39 Å². The molecule has 0 bridgehead atoms. The molecule has 1 aromatic rings. The molecule has 1 aromatic carbocycles. The zero-order chi connectivity index (χ0) is 14.8. The van der Waals surface area contributed by atoms with Crippen molar-refractivity contribution in [2.75, 3.05) is 26.8 Å². The number of hydrogen-bond acceptors (Lipinski definition) is 2. The van der Waals surface area contributed by atoms with Gasteiger partial charge in [0.2, 0.25) is 0 Å². The van der Waals surface area contributed by atoms with Gasteiger partial charge in [0.15, 0.2) is 0 Å². The Bertz CT molecular complexity index is 370. The molecule has 0 aliphatic heterocycles. The molecule has 2 nitrogen and oxygen atoms in total. The molecule has 0 aliphatic rings. The van der Waals surface area contributed by atoms with E-state index in [1.165, 1.54) is 12.8 Å². The third kappa shape index (κ3) is 6.02. The minimum atomic E-state index is -0.0882. The zero-order valence-electron chi connectivity index (χ0n) is 13.0. The Morgan fingerprint density at radius 1 is 1.30 bits per heavy atom. The summed E-state index contributed by atoms with van der Waals surface area (Å²) in [6.07, 6.45) is 3.40. The highest BCUT2D eigenvalue weighted by Crippen LogP contribution is 2.27. The molecule has 0 amide bonds. The van der Waals surface area contributed by atoms with Crippen LogP contribution < -0.4 is 5.32 Å². The molecule has 3 heteroatoms. The van der Waals surface area contributed by atoms with Gasteiger partial charge < -0.3 is 10.1 Å². The summed E-state index contributed by atoms with van der Waals surface area (Å²) in [5, 5.41) is 3.37. The van der Waals surface area contributed by atoms with E-state index in [9.17, 15) is 4.39 Å². The van der Waals surface area contributed by atoms with Crippen LogP contribution in [-0.2, 0) is 4.74 Å². The molecule has 2 unspecified atom stereocenters. The highest BCUT2D eigenvalue weighted by atomic mass is 19.1. The van der Waals surface area contributed by atoms with Crippen molar-refractivity contribution in [3.8, 4) is 0 Å². The first-order chi connectivity index (χ1) is 9.69. The molecule has 0 spiro atoms. The van der Waals surface area contributed by atoms with Crippen LogP contribution in [0.15, 0.2) is 24.3 Å². The summed E-state index contributed by atoms with van der Waals surface area (Å²) in [4.78, 5) is 0. The zero-order valence-corrected chi connectivity index (χ0v) is 13.0. The molecule has 0 saturated carbocycles. The Kier molecular flexibility index (Phi) is 8.47. The summed E-state index contributed by atoms with van der Waals surface area (Å²) in [5.74, 6) is 0.762. The quantitative estimate of drug-likeness (QED) is 0.655. The van der Waals surface area contributed by atoms with E-state index in [-0.39, 0.29) is 11.7 Å². The molecule has 1 rings (SSSR count). The Labute approximate surface area is 122 Å². The molecular formula is C17H28FNO. The molecule has 0 fully saturated rings. The topological polar surface area (TPSA) is 21.3 Å². The van der Waals surface area contributed by atoms with Gasteiger partial charge in [0.1, 0.15) is 5.82 Å². The average Bonchev–Trinajstić information content (AvgIpc) is 2.43. The van der Waals surface area contributed by atoms with Crippen LogP contribution in [0.1, 0.15) is 44.6 Å². The van der Waals surface area contributed by atoms with Gasteiger partial charge in [-0.05, 0) is 29.9 Å². The summed E-state index contributed by atoms with van der Waals surface area (Å²) in [7, 11) is 1.69. The lowest BCUT2D eigenvalue weighted by Crippen LogP contribution is -2.26. The fraction of sp³-hybridized carbons (Fsp3) is 0.647. The van der Waals surface area contributed by atoms with Gasteiger partial charge >= 0.3 is 0 Å². The second-order valence-electron chi connectivity index (χ2n) is 5.54. The number of hydrogen-bond donors (Lipinski definition) is 1. The lowest BCUT2D eigenvalue weighted by atomic mass is 9.87. The van der Waals surface area contributed by atoms with Crippen LogP contribution in [-0.4, -0.2) is 26.8 Å². The summed E-state index contributed by atoms with van der Waals surface area (Å²) in [5.41, 5.74) is 0.834. The molecule has 0 aromatic heterocycles. The number of benzene rings is 1. The van der Waals surface area contributed by atoms with Gasteiger partial charge in [-0.15, -0.1) is 0 Å². The molecule has 1 N–H and O–H groups in total. The van der Waals surface area contributed by atoms with Gasteiger partial charge in [-0.3, -0.25) is 0 Å². The number of rotatable bonds is 10. The van der Waals surface area contributed by atoms with Gasteiger partial charge in [-0.1, -0.05) is 44.9 Å². The predicted octanol–water partition coefficient (Wildman–Crippen LogP) is 3.97. The van der Waals surface area contributed by atoms with Crippen LogP contribution in [0.4, 0.5) is 4.39 Å². The van der Waals surface area contributed by atoms with Crippen molar-refractivity contribution in [3.63, 3.8) is 0 Å². The van der Waals surface area contributed by atoms with Crippen molar-refractivity contribution >= 4 is 0 Å².